The third-order valence-electron chi connectivity index (χ3n) is 6.91. The van der Waals surface area contributed by atoms with Gasteiger partial charge in [0.25, 0.3) is 0 Å². The first-order chi connectivity index (χ1) is 11.6. The highest BCUT2D eigenvalue weighted by atomic mass is 16.6. The lowest BCUT2D eigenvalue weighted by molar-refractivity contribution is -0.216. The largest absolute Gasteiger partial charge is 0.356 e. The number of fused-ring (bicyclic) bond motifs is 2. The minimum atomic E-state index is -0.728. The smallest absolute Gasteiger partial charge is 0.220 e. The Morgan fingerprint density at radius 1 is 1.25 bits per heavy atom. The molecule has 0 aromatic carbocycles. The summed E-state index contributed by atoms with van der Waals surface area (Å²) in [5.74, 6) is 0.236. The van der Waals surface area contributed by atoms with E-state index in [0.717, 1.165) is 51.7 Å². The molecule has 3 unspecified atom stereocenters. The second-order valence-corrected chi connectivity index (χ2v) is 8.23. The predicted octanol–water partition coefficient (Wildman–Crippen LogP) is 0.896. The molecule has 4 fully saturated rings. The average molecular weight is 337 g/mol. The van der Waals surface area contributed by atoms with Gasteiger partial charge in [-0.2, -0.15) is 0 Å². The van der Waals surface area contributed by atoms with E-state index in [1.54, 1.807) is 0 Å². The van der Waals surface area contributed by atoms with E-state index >= 15 is 0 Å². The number of aliphatic hydroxyl groups excluding tert-OH is 1. The molecule has 0 aromatic rings. The summed E-state index contributed by atoms with van der Waals surface area (Å²) >= 11 is 0. The number of likely N-dealkylation sites (tertiary alicyclic amines) is 1. The molecule has 1 spiro atoms. The molecule has 1 amide bonds. The monoisotopic (exact) mass is 337 g/mol. The number of ether oxygens (including phenoxy) is 1. The molecule has 4 rings (SSSR count). The highest BCUT2D eigenvalue weighted by Crippen LogP contribution is 2.42. The van der Waals surface area contributed by atoms with Crippen LogP contribution in [0.1, 0.15) is 51.9 Å². The number of nitrogens with zero attached hydrogens (tertiary/aromatic N) is 2. The normalized spacial score (nSPS) is 37.8. The van der Waals surface area contributed by atoms with E-state index in [1.165, 1.54) is 12.8 Å². The lowest BCUT2D eigenvalue weighted by atomic mass is 9.77. The van der Waals surface area contributed by atoms with Crippen molar-refractivity contribution in [1.29, 1.82) is 0 Å². The molecular weight excluding hydrogens is 306 g/mol. The number of nitrogens with one attached hydrogen (secondary N) is 1. The van der Waals surface area contributed by atoms with Crippen molar-refractivity contribution in [2.24, 2.45) is 5.41 Å². The van der Waals surface area contributed by atoms with Crippen LogP contribution in [0, 0.1) is 5.41 Å². The van der Waals surface area contributed by atoms with Crippen LogP contribution in [0.4, 0.5) is 0 Å². The molecule has 0 radical (unpaired) electrons. The van der Waals surface area contributed by atoms with Crippen LogP contribution < -0.4 is 5.32 Å². The molecule has 2 bridgehead atoms. The number of amides is 1. The molecule has 136 valence electrons. The molecular formula is C18H31N3O3. The van der Waals surface area contributed by atoms with Gasteiger partial charge in [-0.15, -0.1) is 0 Å². The Hall–Kier alpha value is -0.690. The summed E-state index contributed by atoms with van der Waals surface area (Å²) in [6.45, 7) is 5.61. The van der Waals surface area contributed by atoms with E-state index in [9.17, 15) is 9.90 Å². The quantitative estimate of drug-likeness (QED) is 0.746. The summed E-state index contributed by atoms with van der Waals surface area (Å²) in [7, 11) is 0. The van der Waals surface area contributed by atoms with Crippen molar-refractivity contribution < 1.29 is 14.6 Å². The number of carbonyl (C=O) groups is 1. The van der Waals surface area contributed by atoms with Gasteiger partial charge in [0.05, 0.1) is 0 Å². The second kappa shape index (κ2) is 6.56. The summed E-state index contributed by atoms with van der Waals surface area (Å²) in [6.07, 6.45) is 6.93. The van der Waals surface area contributed by atoms with Crippen LogP contribution >= 0.6 is 0 Å². The fraction of sp³-hybridized carbons (Fsp3) is 0.944. The zero-order valence-corrected chi connectivity index (χ0v) is 14.7. The Morgan fingerprint density at radius 2 is 1.92 bits per heavy atom. The maximum Gasteiger partial charge on any atom is 0.220 e. The topological polar surface area (TPSA) is 65.0 Å². The van der Waals surface area contributed by atoms with Crippen LogP contribution in [0.3, 0.4) is 0 Å². The van der Waals surface area contributed by atoms with Gasteiger partial charge in [-0.1, -0.05) is 0 Å². The first-order valence-corrected chi connectivity index (χ1v) is 9.68. The number of aliphatic hydroxyl groups is 1. The van der Waals surface area contributed by atoms with Gasteiger partial charge in [0, 0.05) is 37.7 Å². The molecule has 6 heteroatoms. The van der Waals surface area contributed by atoms with Crippen LogP contribution in [0.2, 0.25) is 0 Å². The Bertz CT molecular complexity index is 464. The number of hydrogen-bond donors (Lipinski definition) is 2. The van der Waals surface area contributed by atoms with Crippen LogP contribution in [0.5, 0.6) is 0 Å². The van der Waals surface area contributed by atoms with Crippen molar-refractivity contribution in [3.05, 3.63) is 0 Å². The SMILES string of the molecule is CCOC(O)N1C2CCC1CC(N1CCC3(CC1)CNC(=O)C3)C2. The van der Waals surface area contributed by atoms with Crippen LogP contribution in [-0.2, 0) is 9.53 Å². The Labute approximate surface area is 144 Å². The zero-order chi connectivity index (χ0) is 16.7. The summed E-state index contributed by atoms with van der Waals surface area (Å²) in [5.41, 5.74) is 0.235. The lowest BCUT2D eigenvalue weighted by Crippen LogP contribution is -2.56. The third kappa shape index (κ3) is 2.98. The number of carbonyl (C=O) groups excluding carboxylic acids is 1. The van der Waals surface area contributed by atoms with Crippen molar-refractivity contribution in [2.75, 3.05) is 26.2 Å². The van der Waals surface area contributed by atoms with Crippen molar-refractivity contribution in [2.45, 2.75) is 76.4 Å². The fourth-order valence-corrected chi connectivity index (χ4v) is 5.55. The first-order valence-electron chi connectivity index (χ1n) is 9.68. The summed E-state index contributed by atoms with van der Waals surface area (Å²) in [5, 5.41) is 13.3. The van der Waals surface area contributed by atoms with Gasteiger partial charge in [-0.25, -0.2) is 4.90 Å². The van der Waals surface area contributed by atoms with Gasteiger partial charge in [0.2, 0.25) is 12.3 Å². The highest BCUT2D eigenvalue weighted by molar-refractivity contribution is 5.79. The maximum absolute atomic E-state index is 11.6. The minimum absolute atomic E-state index is 0.235. The highest BCUT2D eigenvalue weighted by Gasteiger charge is 2.47. The van der Waals surface area contributed by atoms with Crippen LogP contribution in [0.15, 0.2) is 0 Å². The standard InChI is InChI=1S/C18H31N3O3/c1-2-24-17(23)21-13-3-4-14(21)10-15(9-13)20-7-5-18(6-8-20)11-16(22)19-12-18/h13-15,17,23H,2-12H2,1H3,(H,19,22). The number of hydrogen-bond acceptors (Lipinski definition) is 5. The van der Waals surface area contributed by atoms with E-state index in [0.29, 0.717) is 24.7 Å². The second-order valence-electron chi connectivity index (χ2n) is 8.23. The van der Waals surface area contributed by atoms with E-state index in [1.807, 2.05) is 6.92 Å². The Morgan fingerprint density at radius 3 is 2.46 bits per heavy atom. The summed E-state index contributed by atoms with van der Waals surface area (Å²) in [6, 6.07) is 1.55. The molecule has 0 aliphatic carbocycles. The third-order valence-corrected chi connectivity index (χ3v) is 6.91. The molecule has 4 aliphatic heterocycles. The Kier molecular flexibility index (Phi) is 4.58. The van der Waals surface area contributed by atoms with Gasteiger partial charge in [0.15, 0.2) is 0 Å². The van der Waals surface area contributed by atoms with Gasteiger partial charge in [-0.05, 0) is 64.0 Å². The summed E-state index contributed by atoms with van der Waals surface area (Å²) < 4.78 is 5.45. The van der Waals surface area contributed by atoms with E-state index in [-0.39, 0.29) is 11.3 Å². The Balaban J connectivity index is 1.34. The zero-order valence-electron chi connectivity index (χ0n) is 14.7. The molecule has 4 saturated heterocycles. The molecule has 4 heterocycles. The van der Waals surface area contributed by atoms with Crippen LogP contribution in [0.25, 0.3) is 0 Å². The minimum Gasteiger partial charge on any atom is -0.356 e. The van der Waals surface area contributed by atoms with Crippen LogP contribution in [-0.4, -0.2) is 71.6 Å². The lowest BCUT2D eigenvalue weighted by Gasteiger charge is -2.47. The molecule has 3 atom stereocenters. The predicted molar refractivity (Wildman–Crippen MR) is 90.2 cm³/mol. The van der Waals surface area contributed by atoms with Crippen molar-refractivity contribution in [1.82, 2.24) is 15.1 Å². The number of rotatable bonds is 4. The van der Waals surface area contributed by atoms with Gasteiger partial charge in [0.1, 0.15) is 0 Å². The molecule has 4 aliphatic rings. The van der Waals surface area contributed by atoms with E-state index in [2.05, 4.69) is 15.1 Å². The maximum atomic E-state index is 11.6. The molecule has 24 heavy (non-hydrogen) atoms. The van der Waals surface area contributed by atoms with Crippen molar-refractivity contribution >= 4 is 5.91 Å². The summed E-state index contributed by atoms with van der Waals surface area (Å²) in [4.78, 5) is 16.5. The molecule has 6 nitrogen and oxygen atoms in total. The average Bonchev–Trinajstić information content (AvgIpc) is 3.05. The van der Waals surface area contributed by atoms with Crippen molar-refractivity contribution in [3.63, 3.8) is 0 Å². The molecule has 0 aromatic heterocycles. The van der Waals surface area contributed by atoms with Gasteiger partial charge in [-0.3, -0.25) is 4.79 Å². The molecule has 0 saturated carbocycles. The first kappa shape index (κ1) is 16.8. The van der Waals surface area contributed by atoms with E-state index in [4.69, 9.17) is 4.74 Å². The fourth-order valence-electron chi connectivity index (χ4n) is 5.55. The number of piperidine rings is 2. The molecule has 2 N–H and O–H groups in total. The van der Waals surface area contributed by atoms with Gasteiger partial charge >= 0.3 is 0 Å². The van der Waals surface area contributed by atoms with E-state index < -0.39 is 6.41 Å². The van der Waals surface area contributed by atoms with Gasteiger partial charge < -0.3 is 20.1 Å². The van der Waals surface area contributed by atoms with Crippen molar-refractivity contribution in [3.8, 4) is 0 Å².